The molecule has 0 aromatic rings. The predicted molar refractivity (Wildman–Crippen MR) is 66.6 cm³/mol. The van der Waals surface area contributed by atoms with Crippen molar-refractivity contribution >= 4 is 17.7 Å². The molecule has 1 amide bonds. The number of hydrogen-bond acceptors (Lipinski definition) is 3. The Balaban J connectivity index is 3.52. The highest BCUT2D eigenvalue weighted by Crippen LogP contribution is 2.02. The third kappa shape index (κ3) is 8.34. The smallest absolute Gasteiger partial charge is 0.236 e. The molecular formula is C11H20N2OS. The lowest BCUT2D eigenvalue weighted by atomic mass is 10.0. The average Bonchev–Trinajstić information content (AvgIpc) is 2.16. The van der Waals surface area contributed by atoms with Gasteiger partial charge in [-0.15, -0.1) is 18.2 Å². The molecule has 0 rings (SSSR count). The first kappa shape index (κ1) is 14.3. The van der Waals surface area contributed by atoms with Crippen molar-refractivity contribution in [3.63, 3.8) is 0 Å². The van der Waals surface area contributed by atoms with Crippen LogP contribution in [0.3, 0.4) is 0 Å². The van der Waals surface area contributed by atoms with E-state index in [1.165, 1.54) is 0 Å². The molecule has 0 spiro atoms. The van der Waals surface area contributed by atoms with E-state index in [0.29, 0.717) is 18.2 Å². The van der Waals surface area contributed by atoms with Crippen molar-refractivity contribution in [2.24, 2.45) is 11.7 Å². The van der Waals surface area contributed by atoms with E-state index < -0.39 is 0 Å². The molecular weight excluding hydrogens is 208 g/mol. The Labute approximate surface area is 96.6 Å². The van der Waals surface area contributed by atoms with Crippen molar-refractivity contribution in [1.82, 2.24) is 5.32 Å². The first-order valence-electron chi connectivity index (χ1n) is 5.12. The van der Waals surface area contributed by atoms with Crippen LogP contribution in [-0.2, 0) is 4.79 Å². The molecule has 0 saturated heterocycles. The van der Waals surface area contributed by atoms with Gasteiger partial charge in [-0.25, -0.2) is 0 Å². The summed E-state index contributed by atoms with van der Waals surface area (Å²) < 4.78 is 0. The fourth-order valence-electron chi connectivity index (χ4n) is 1.12. The zero-order chi connectivity index (χ0) is 11.7. The molecule has 3 N–H and O–H groups in total. The molecule has 1 atom stereocenters. The summed E-state index contributed by atoms with van der Waals surface area (Å²) in [6.45, 7) is 4.74. The van der Waals surface area contributed by atoms with E-state index in [1.807, 2.05) is 0 Å². The highest BCUT2D eigenvalue weighted by Gasteiger charge is 2.13. The Morgan fingerprint density at radius 1 is 1.60 bits per heavy atom. The Kier molecular flexibility index (Phi) is 8.25. The Morgan fingerprint density at radius 2 is 2.27 bits per heavy atom. The van der Waals surface area contributed by atoms with Gasteiger partial charge in [0.1, 0.15) is 0 Å². The number of nitrogens with two attached hydrogens (primary N) is 1. The molecule has 0 aliphatic rings. The maximum atomic E-state index is 11.4. The maximum absolute atomic E-state index is 11.4. The first-order valence-corrected chi connectivity index (χ1v) is 6.28. The lowest BCUT2D eigenvalue weighted by molar-refractivity contribution is -0.122. The third-order valence-electron chi connectivity index (χ3n) is 1.79. The van der Waals surface area contributed by atoms with Crippen molar-refractivity contribution in [3.05, 3.63) is 0 Å². The van der Waals surface area contributed by atoms with Gasteiger partial charge in [0.15, 0.2) is 0 Å². The number of rotatable bonds is 7. The van der Waals surface area contributed by atoms with Gasteiger partial charge in [-0.1, -0.05) is 19.8 Å². The lowest BCUT2D eigenvalue weighted by Gasteiger charge is -2.13. The van der Waals surface area contributed by atoms with E-state index in [-0.39, 0.29) is 11.9 Å². The van der Waals surface area contributed by atoms with Crippen LogP contribution in [0.15, 0.2) is 0 Å². The molecule has 0 radical (unpaired) electrons. The topological polar surface area (TPSA) is 55.1 Å². The molecule has 3 nitrogen and oxygen atoms in total. The Hall–Kier alpha value is -0.660. The zero-order valence-electron chi connectivity index (χ0n) is 9.45. The molecule has 0 aromatic heterocycles. The summed E-state index contributed by atoms with van der Waals surface area (Å²) in [5, 5.41) is 2.79. The van der Waals surface area contributed by atoms with Crippen molar-refractivity contribution in [3.8, 4) is 12.3 Å². The Bertz CT molecular complexity index is 223. The molecule has 15 heavy (non-hydrogen) atoms. The van der Waals surface area contributed by atoms with E-state index in [2.05, 4.69) is 25.1 Å². The second kappa shape index (κ2) is 8.63. The third-order valence-corrected chi connectivity index (χ3v) is 2.66. The van der Waals surface area contributed by atoms with E-state index in [0.717, 1.165) is 12.2 Å². The van der Waals surface area contributed by atoms with Crippen LogP contribution in [0.2, 0.25) is 0 Å². The van der Waals surface area contributed by atoms with Crippen LogP contribution in [0.1, 0.15) is 20.3 Å². The molecule has 0 fully saturated rings. The molecule has 0 aliphatic carbocycles. The minimum atomic E-state index is -0.386. The molecule has 0 bridgehead atoms. The van der Waals surface area contributed by atoms with E-state index in [9.17, 15) is 4.79 Å². The van der Waals surface area contributed by atoms with Crippen LogP contribution in [0.5, 0.6) is 0 Å². The van der Waals surface area contributed by atoms with Crippen LogP contribution in [0.25, 0.3) is 0 Å². The van der Waals surface area contributed by atoms with Gasteiger partial charge >= 0.3 is 0 Å². The fraction of sp³-hybridized carbons (Fsp3) is 0.727. The van der Waals surface area contributed by atoms with Crippen LogP contribution in [0.4, 0.5) is 0 Å². The highest BCUT2D eigenvalue weighted by atomic mass is 32.2. The number of terminal acetylenes is 1. The van der Waals surface area contributed by atoms with Gasteiger partial charge in [0.2, 0.25) is 5.91 Å². The first-order chi connectivity index (χ1) is 7.07. The molecule has 86 valence electrons. The van der Waals surface area contributed by atoms with Crippen LogP contribution in [-0.4, -0.2) is 30.0 Å². The van der Waals surface area contributed by atoms with Crippen molar-refractivity contribution in [2.45, 2.75) is 26.3 Å². The second-order valence-corrected chi connectivity index (χ2v) is 4.89. The van der Waals surface area contributed by atoms with E-state index in [4.69, 9.17) is 12.2 Å². The van der Waals surface area contributed by atoms with Gasteiger partial charge in [0.25, 0.3) is 0 Å². The van der Waals surface area contributed by atoms with Gasteiger partial charge in [0, 0.05) is 12.3 Å². The van der Waals surface area contributed by atoms with Crippen LogP contribution < -0.4 is 11.1 Å². The molecule has 1 unspecified atom stereocenters. The van der Waals surface area contributed by atoms with Gasteiger partial charge < -0.3 is 11.1 Å². The molecule has 0 heterocycles. The van der Waals surface area contributed by atoms with Crippen LogP contribution in [0, 0.1) is 18.3 Å². The van der Waals surface area contributed by atoms with Gasteiger partial charge in [0.05, 0.1) is 11.8 Å². The van der Waals surface area contributed by atoms with Gasteiger partial charge in [-0.05, 0) is 12.3 Å². The standard InChI is InChI=1S/C11H20N2OS/c1-4-6-15-7-5-13-11(14)10(12)8-9(2)3/h1,9-10H,5-8,12H2,2-3H3,(H,13,14). The summed E-state index contributed by atoms with van der Waals surface area (Å²) in [6, 6.07) is -0.386. The number of thioether (sulfide) groups is 1. The summed E-state index contributed by atoms with van der Waals surface area (Å²) in [6.07, 6.45) is 5.82. The number of hydrogen-bond donors (Lipinski definition) is 2. The highest BCUT2D eigenvalue weighted by molar-refractivity contribution is 7.99. The fourth-order valence-corrected chi connectivity index (χ4v) is 1.63. The monoisotopic (exact) mass is 228 g/mol. The zero-order valence-corrected chi connectivity index (χ0v) is 10.3. The summed E-state index contributed by atoms with van der Waals surface area (Å²) in [7, 11) is 0. The molecule has 0 aliphatic heterocycles. The van der Waals surface area contributed by atoms with Crippen LogP contribution >= 0.6 is 11.8 Å². The molecule has 0 saturated carbocycles. The van der Waals surface area contributed by atoms with Gasteiger partial charge in [-0.2, -0.15) is 0 Å². The molecule has 0 aromatic carbocycles. The average molecular weight is 228 g/mol. The van der Waals surface area contributed by atoms with Crippen molar-refractivity contribution in [2.75, 3.05) is 18.1 Å². The van der Waals surface area contributed by atoms with E-state index >= 15 is 0 Å². The second-order valence-electron chi connectivity index (χ2n) is 3.78. The summed E-state index contributed by atoms with van der Waals surface area (Å²) in [5.74, 6) is 4.44. The van der Waals surface area contributed by atoms with Crippen molar-refractivity contribution in [1.29, 1.82) is 0 Å². The summed E-state index contributed by atoms with van der Waals surface area (Å²) >= 11 is 1.63. The normalized spacial score (nSPS) is 12.2. The predicted octanol–water partition coefficient (Wildman–Crippen LogP) is 0.842. The number of amides is 1. The maximum Gasteiger partial charge on any atom is 0.236 e. The Morgan fingerprint density at radius 3 is 2.80 bits per heavy atom. The quantitative estimate of drug-likeness (QED) is 0.501. The number of carbonyl (C=O) groups excluding carboxylic acids is 1. The minimum Gasteiger partial charge on any atom is -0.354 e. The lowest BCUT2D eigenvalue weighted by Crippen LogP contribution is -2.42. The largest absolute Gasteiger partial charge is 0.354 e. The summed E-state index contributed by atoms with van der Waals surface area (Å²) in [4.78, 5) is 11.4. The number of carbonyl (C=O) groups is 1. The number of nitrogens with one attached hydrogen (secondary N) is 1. The summed E-state index contributed by atoms with van der Waals surface area (Å²) in [5.41, 5.74) is 5.71. The van der Waals surface area contributed by atoms with Gasteiger partial charge in [-0.3, -0.25) is 4.79 Å². The molecule has 4 heteroatoms. The van der Waals surface area contributed by atoms with Crippen molar-refractivity contribution < 1.29 is 4.79 Å². The minimum absolute atomic E-state index is 0.0648. The van der Waals surface area contributed by atoms with E-state index in [1.54, 1.807) is 11.8 Å². The SMILES string of the molecule is C#CCSCCNC(=O)C(N)CC(C)C.